The summed E-state index contributed by atoms with van der Waals surface area (Å²) in [4.78, 5) is 0. The summed E-state index contributed by atoms with van der Waals surface area (Å²) < 4.78 is 13.7. The largest absolute Gasteiger partial charge is 0.206 e. The lowest BCUT2D eigenvalue weighted by molar-refractivity contribution is 0.624. The van der Waals surface area contributed by atoms with Gasteiger partial charge in [0, 0.05) is 9.99 Å². The lowest BCUT2D eigenvalue weighted by atomic mass is 10.1. The molecule has 11 heavy (non-hydrogen) atoms. The number of benzene rings is 1. The molecule has 0 N–H and O–H groups in total. The summed E-state index contributed by atoms with van der Waals surface area (Å²) in [6, 6.07) is 6.69. The first-order valence-electron chi connectivity index (χ1n) is 3.24. The molecule has 1 rings (SSSR count). The zero-order valence-electron chi connectivity index (χ0n) is 5.98. The number of allylic oxidation sites excluding steroid dienone is 1. The predicted molar refractivity (Wildman–Crippen MR) is 54.3 cm³/mol. The Kier molecular flexibility index (Phi) is 3.05. The molecule has 0 atom stereocenters. The summed E-state index contributed by atoms with van der Waals surface area (Å²) in [6.07, 6.45) is 0. The van der Waals surface area contributed by atoms with Crippen LogP contribution in [0.1, 0.15) is 5.56 Å². The molecule has 0 aliphatic rings. The van der Waals surface area contributed by atoms with Gasteiger partial charge in [0.25, 0.3) is 0 Å². The van der Waals surface area contributed by atoms with Crippen LogP contribution in [0.25, 0.3) is 5.57 Å². The highest BCUT2D eigenvalue weighted by Gasteiger charge is 2.01. The van der Waals surface area contributed by atoms with E-state index in [1.165, 1.54) is 6.07 Å². The predicted octanol–water partition coefficient (Wildman–Crippen LogP) is 3.27. The Morgan fingerprint density at radius 2 is 2.09 bits per heavy atom. The highest BCUT2D eigenvalue weighted by Crippen LogP contribution is 2.17. The summed E-state index contributed by atoms with van der Waals surface area (Å²) >= 11 is 2.17. The maximum absolute atomic E-state index is 13.0. The van der Waals surface area contributed by atoms with Crippen LogP contribution in [0.15, 0.2) is 30.8 Å². The molecule has 0 nitrogen and oxygen atoms in total. The van der Waals surface area contributed by atoms with Crippen LogP contribution in [-0.4, -0.2) is 4.43 Å². The standard InChI is InChI=1S/C9H8FI/c1-7(6-11)8-4-2-3-5-9(8)10/h2-5H,1,6H2. The Hall–Kier alpha value is -0.380. The van der Waals surface area contributed by atoms with E-state index >= 15 is 0 Å². The highest BCUT2D eigenvalue weighted by atomic mass is 127. The summed E-state index contributed by atoms with van der Waals surface area (Å²) in [5.41, 5.74) is 1.46. The Bertz CT molecular complexity index is 268. The van der Waals surface area contributed by atoms with Crippen molar-refractivity contribution in [1.29, 1.82) is 0 Å². The molecule has 1 aromatic carbocycles. The van der Waals surface area contributed by atoms with Gasteiger partial charge in [0.15, 0.2) is 0 Å². The minimum Gasteiger partial charge on any atom is -0.206 e. The van der Waals surface area contributed by atoms with Gasteiger partial charge in [-0.2, -0.15) is 0 Å². The SMILES string of the molecule is C=C(CI)c1ccccc1F. The van der Waals surface area contributed by atoms with Crippen molar-refractivity contribution in [3.8, 4) is 0 Å². The van der Waals surface area contributed by atoms with Gasteiger partial charge >= 0.3 is 0 Å². The van der Waals surface area contributed by atoms with Gasteiger partial charge in [-0.1, -0.05) is 47.4 Å². The van der Waals surface area contributed by atoms with E-state index in [4.69, 9.17) is 0 Å². The number of hydrogen-bond acceptors (Lipinski definition) is 0. The number of rotatable bonds is 2. The van der Waals surface area contributed by atoms with Crippen LogP contribution in [0.5, 0.6) is 0 Å². The van der Waals surface area contributed by atoms with Gasteiger partial charge < -0.3 is 0 Å². The van der Waals surface area contributed by atoms with Crippen molar-refractivity contribution < 1.29 is 4.39 Å². The van der Waals surface area contributed by atoms with Gasteiger partial charge in [-0.25, -0.2) is 4.39 Å². The molecular formula is C9H8FI. The fourth-order valence-electron chi connectivity index (χ4n) is 0.820. The number of halogens is 2. The van der Waals surface area contributed by atoms with Gasteiger partial charge in [0.05, 0.1) is 0 Å². The van der Waals surface area contributed by atoms with Gasteiger partial charge in [-0.05, 0) is 11.6 Å². The monoisotopic (exact) mass is 262 g/mol. The summed E-state index contributed by atoms with van der Waals surface area (Å²) in [6.45, 7) is 3.76. The van der Waals surface area contributed by atoms with Crippen LogP contribution in [-0.2, 0) is 0 Å². The maximum atomic E-state index is 13.0. The minimum atomic E-state index is -0.186. The third kappa shape index (κ3) is 2.02. The Morgan fingerprint density at radius 1 is 1.45 bits per heavy atom. The maximum Gasteiger partial charge on any atom is 0.130 e. The molecule has 0 spiro atoms. The molecular weight excluding hydrogens is 254 g/mol. The normalized spacial score (nSPS) is 9.64. The molecule has 0 heterocycles. The zero-order chi connectivity index (χ0) is 8.27. The van der Waals surface area contributed by atoms with Gasteiger partial charge in [0.1, 0.15) is 5.82 Å². The lowest BCUT2D eigenvalue weighted by Crippen LogP contribution is -1.87. The van der Waals surface area contributed by atoms with E-state index in [1.807, 2.05) is 6.07 Å². The van der Waals surface area contributed by atoms with Crippen LogP contribution >= 0.6 is 22.6 Å². The smallest absolute Gasteiger partial charge is 0.130 e. The van der Waals surface area contributed by atoms with Crippen molar-refractivity contribution >= 4 is 28.2 Å². The van der Waals surface area contributed by atoms with Crippen LogP contribution < -0.4 is 0 Å². The molecule has 2 heteroatoms. The first-order chi connectivity index (χ1) is 5.25. The van der Waals surface area contributed by atoms with E-state index in [1.54, 1.807) is 12.1 Å². The Labute approximate surface area is 79.3 Å². The lowest BCUT2D eigenvalue weighted by Gasteiger charge is -2.01. The van der Waals surface area contributed by atoms with E-state index in [2.05, 4.69) is 29.2 Å². The molecule has 0 unspecified atom stereocenters. The van der Waals surface area contributed by atoms with Crippen molar-refractivity contribution in [3.05, 3.63) is 42.2 Å². The van der Waals surface area contributed by atoms with Crippen molar-refractivity contribution in [1.82, 2.24) is 0 Å². The van der Waals surface area contributed by atoms with E-state index < -0.39 is 0 Å². The first kappa shape index (κ1) is 8.71. The number of hydrogen-bond donors (Lipinski definition) is 0. The third-order valence-corrected chi connectivity index (χ3v) is 2.34. The highest BCUT2D eigenvalue weighted by molar-refractivity contribution is 14.1. The summed E-state index contributed by atoms with van der Waals surface area (Å²) in [5.74, 6) is -0.186. The van der Waals surface area contributed by atoms with Gasteiger partial charge in [-0.15, -0.1) is 0 Å². The zero-order valence-corrected chi connectivity index (χ0v) is 8.14. The van der Waals surface area contributed by atoms with Crippen LogP contribution in [0, 0.1) is 5.82 Å². The average molecular weight is 262 g/mol. The van der Waals surface area contributed by atoms with Crippen LogP contribution in [0.3, 0.4) is 0 Å². The third-order valence-electron chi connectivity index (χ3n) is 1.42. The molecule has 0 saturated heterocycles. The van der Waals surface area contributed by atoms with Crippen molar-refractivity contribution in [2.75, 3.05) is 4.43 Å². The molecule has 0 saturated carbocycles. The van der Waals surface area contributed by atoms with Gasteiger partial charge in [-0.3, -0.25) is 0 Å². The van der Waals surface area contributed by atoms with Gasteiger partial charge in [0.2, 0.25) is 0 Å². The van der Waals surface area contributed by atoms with E-state index in [-0.39, 0.29) is 5.82 Å². The van der Waals surface area contributed by atoms with Crippen molar-refractivity contribution in [2.45, 2.75) is 0 Å². The van der Waals surface area contributed by atoms with Crippen LogP contribution in [0.4, 0.5) is 4.39 Å². The van der Waals surface area contributed by atoms with Crippen LogP contribution in [0.2, 0.25) is 0 Å². The molecule has 0 amide bonds. The summed E-state index contributed by atoms with van der Waals surface area (Å²) in [7, 11) is 0. The second-order valence-corrected chi connectivity index (χ2v) is 2.98. The molecule has 0 fully saturated rings. The molecule has 0 aromatic heterocycles. The molecule has 0 aliphatic carbocycles. The number of alkyl halides is 1. The molecule has 0 aliphatic heterocycles. The fourth-order valence-corrected chi connectivity index (χ4v) is 1.23. The fraction of sp³-hybridized carbons (Fsp3) is 0.111. The molecule has 58 valence electrons. The molecule has 0 radical (unpaired) electrons. The Balaban J connectivity index is 3.03. The van der Waals surface area contributed by atoms with Crippen molar-refractivity contribution in [2.24, 2.45) is 0 Å². The first-order valence-corrected chi connectivity index (χ1v) is 4.77. The Morgan fingerprint density at radius 3 is 2.64 bits per heavy atom. The van der Waals surface area contributed by atoms with E-state index in [0.717, 1.165) is 10.0 Å². The van der Waals surface area contributed by atoms with E-state index in [0.29, 0.717) is 5.56 Å². The quantitative estimate of drug-likeness (QED) is 0.566. The van der Waals surface area contributed by atoms with E-state index in [9.17, 15) is 4.39 Å². The topological polar surface area (TPSA) is 0 Å². The molecule has 0 bridgehead atoms. The molecule has 1 aromatic rings. The minimum absolute atomic E-state index is 0.186. The second-order valence-electron chi connectivity index (χ2n) is 2.22. The summed E-state index contributed by atoms with van der Waals surface area (Å²) in [5, 5.41) is 0. The second kappa shape index (κ2) is 3.85. The average Bonchev–Trinajstić information content (AvgIpc) is 2.04. The van der Waals surface area contributed by atoms with Crippen molar-refractivity contribution in [3.63, 3.8) is 0 Å².